The topological polar surface area (TPSA) is 76.7 Å². The Morgan fingerprint density at radius 2 is 1.67 bits per heavy atom. The molecule has 2 N–H and O–H groups in total. The number of methoxy groups -OCH3 is 1. The summed E-state index contributed by atoms with van der Waals surface area (Å²) in [6.07, 6.45) is 1.25. The summed E-state index contributed by atoms with van der Waals surface area (Å²) < 4.78 is 5.07. The predicted octanol–water partition coefficient (Wildman–Crippen LogP) is 2.90. The van der Waals surface area contributed by atoms with Crippen LogP contribution in [0.15, 0.2) is 66.4 Å². The van der Waals surface area contributed by atoms with Gasteiger partial charge in [-0.05, 0) is 43.3 Å². The van der Waals surface area contributed by atoms with Crippen LogP contribution in [0.3, 0.4) is 0 Å². The van der Waals surface area contributed by atoms with Gasteiger partial charge in [-0.25, -0.2) is 4.79 Å². The number of hydrogen-bond acceptors (Lipinski definition) is 5. The highest BCUT2D eigenvalue weighted by Gasteiger charge is 2.07. The van der Waals surface area contributed by atoms with Gasteiger partial charge >= 0.3 is 5.97 Å². The van der Waals surface area contributed by atoms with Gasteiger partial charge in [0.1, 0.15) is 5.75 Å². The first-order valence-corrected chi connectivity index (χ1v) is 7.24. The normalized spacial score (nSPS) is 10.7. The predicted molar refractivity (Wildman–Crippen MR) is 90.4 cm³/mol. The molecular weight excluding hydrogens is 308 g/mol. The minimum absolute atomic E-state index is 0.405. The molecule has 6 heteroatoms. The molecule has 0 aliphatic rings. The van der Waals surface area contributed by atoms with Crippen LogP contribution in [-0.2, 0) is 9.63 Å². The van der Waals surface area contributed by atoms with E-state index in [2.05, 4.69) is 10.8 Å². The number of carbonyl (C=O) groups is 2. The van der Waals surface area contributed by atoms with Gasteiger partial charge in [-0.15, -0.1) is 0 Å². The quantitative estimate of drug-likeness (QED) is 0.652. The fourth-order valence-electron chi connectivity index (χ4n) is 1.89. The van der Waals surface area contributed by atoms with Crippen LogP contribution in [0.25, 0.3) is 0 Å². The lowest BCUT2D eigenvalue weighted by Crippen LogP contribution is -2.26. The molecule has 0 unspecified atom stereocenters. The zero-order chi connectivity index (χ0) is 17.4. The summed E-state index contributed by atoms with van der Waals surface area (Å²) in [6, 6.07) is 15.7. The van der Waals surface area contributed by atoms with E-state index in [1.54, 1.807) is 56.5 Å². The smallest absolute Gasteiger partial charge is 0.357 e. The van der Waals surface area contributed by atoms with E-state index in [1.807, 2.05) is 12.1 Å². The molecule has 6 nitrogen and oxygen atoms in total. The summed E-state index contributed by atoms with van der Waals surface area (Å²) in [5.74, 6) is -0.430. The third-order valence-corrected chi connectivity index (χ3v) is 3.05. The average Bonchev–Trinajstić information content (AvgIpc) is 2.61. The lowest BCUT2D eigenvalue weighted by molar-refractivity contribution is -0.142. The molecule has 0 saturated heterocycles. The van der Waals surface area contributed by atoms with Crippen LogP contribution in [0.4, 0.5) is 5.69 Å². The fourth-order valence-corrected chi connectivity index (χ4v) is 1.89. The Kier molecular flexibility index (Phi) is 5.96. The number of ether oxygens (including phenoxy) is 1. The standard InChI is InChI=1S/C18H18N2O4/c1-13(19-15-8-10-16(23-2)11-9-15)12-17(21)24-20-18(22)14-6-4-3-5-7-14/h3-12,19H,1-2H3,(H,20,22). The summed E-state index contributed by atoms with van der Waals surface area (Å²) in [6.45, 7) is 1.71. The lowest BCUT2D eigenvalue weighted by atomic mass is 10.2. The summed E-state index contributed by atoms with van der Waals surface area (Å²) in [5, 5.41) is 3.04. The number of hydroxylamine groups is 1. The minimum Gasteiger partial charge on any atom is -0.497 e. The minimum atomic E-state index is -0.683. The van der Waals surface area contributed by atoms with E-state index >= 15 is 0 Å². The van der Waals surface area contributed by atoms with Crippen LogP contribution in [0, 0.1) is 0 Å². The van der Waals surface area contributed by atoms with Crippen LogP contribution in [-0.4, -0.2) is 19.0 Å². The second-order valence-electron chi connectivity index (χ2n) is 4.90. The molecule has 0 saturated carbocycles. The van der Waals surface area contributed by atoms with E-state index in [4.69, 9.17) is 9.57 Å². The van der Waals surface area contributed by atoms with Gasteiger partial charge in [-0.2, -0.15) is 5.48 Å². The van der Waals surface area contributed by atoms with E-state index in [-0.39, 0.29) is 0 Å². The van der Waals surface area contributed by atoms with Crippen molar-refractivity contribution in [1.29, 1.82) is 0 Å². The highest BCUT2D eigenvalue weighted by molar-refractivity contribution is 5.94. The summed E-state index contributed by atoms with van der Waals surface area (Å²) in [5.41, 5.74) is 3.88. The van der Waals surface area contributed by atoms with Crippen molar-refractivity contribution in [1.82, 2.24) is 5.48 Å². The molecule has 0 spiro atoms. The Morgan fingerprint density at radius 3 is 2.29 bits per heavy atom. The molecule has 0 radical (unpaired) electrons. The van der Waals surface area contributed by atoms with Crippen molar-refractivity contribution < 1.29 is 19.2 Å². The fraction of sp³-hybridized carbons (Fsp3) is 0.111. The second-order valence-corrected chi connectivity index (χ2v) is 4.90. The largest absolute Gasteiger partial charge is 0.497 e. The molecule has 0 heterocycles. The van der Waals surface area contributed by atoms with Gasteiger partial charge in [-0.1, -0.05) is 18.2 Å². The van der Waals surface area contributed by atoms with Gasteiger partial charge < -0.3 is 14.9 Å². The molecule has 0 aliphatic carbocycles. The van der Waals surface area contributed by atoms with E-state index in [0.717, 1.165) is 11.4 Å². The van der Waals surface area contributed by atoms with E-state index in [1.165, 1.54) is 6.08 Å². The van der Waals surface area contributed by atoms with Crippen molar-refractivity contribution in [3.63, 3.8) is 0 Å². The monoisotopic (exact) mass is 326 g/mol. The van der Waals surface area contributed by atoms with Crippen LogP contribution >= 0.6 is 0 Å². The molecule has 2 rings (SSSR count). The third kappa shape index (κ3) is 5.17. The maximum absolute atomic E-state index is 11.7. The maximum Gasteiger partial charge on any atom is 0.357 e. The van der Waals surface area contributed by atoms with Gasteiger partial charge in [-0.3, -0.25) is 4.79 Å². The van der Waals surface area contributed by atoms with E-state index in [0.29, 0.717) is 11.3 Å². The Hall–Kier alpha value is -3.28. The molecule has 2 aromatic rings. The molecule has 124 valence electrons. The van der Waals surface area contributed by atoms with Crippen molar-refractivity contribution in [2.45, 2.75) is 6.92 Å². The SMILES string of the molecule is COc1ccc(NC(C)=CC(=O)ONC(=O)c2ccccc2)cc1. The number of hydrogen-bond donors (Lipinski definition) is 2. The highest BCUT2D eigenvalue weighted by Crippen LogP contribution is 2.16. The van der Waals surface area contributed by atoms with Gasteiger partial charge in [0.15, 0.2) is 0 Å². The number of carbonyl (C=O) groups excluding carboxylic acids is 2. The van der Waals surface area contributed by atoms with Crippen LogP contribution in [0.5, 0.6) is 5.75 Å². The van der Waals surface area contributed by atoms with E-state index in [9.17, 15) is 9.59 Å². The third-order valence-electron chi connectivity index (χ3n) is 3.05. The number of rotatable bonds is 5. The van der Waals surface area contributed by atoms with Crippen molar-refractivity contribution in [2.24, 2.45) is 0 Å². The van der Waals surface area contributed by atoms with Crippen molar-refractivity contribution in [3.05, 3.63) is 71.9 Å². The van der Waals surface area contributed by atoms with Gasteiger partial charge in [0.05, 0.1) is 7.11 Å². The highest BCUT2D eigenvalue weighted by atomic mass is 16.7. The zero-order valence-electron chi connectivity index (χ0n) is 13.4. The Morgan fingerprint density at radius 1 is 1.00 bits per heavy atom. The second kappa shape index (κ2) is 8.38. The Bertz CT molecular complexity index is 724. The first kappa shape index (κ1) is 17.1. The number of benzene rings is 2. The number of nitrogens with one attached hydrogen (secondary N) is 2. The number of anilines is 1. The van der Waals surface area contributed by atoms with Crippen molar-refractivity contribution >= 4 is 17.6 Å². The molecule has 0 aliphatic heterocycles. The number of allylic oxidation sites excluding steroid dienone is 1. The molecule has 1 amide bonds. The molecule has 0 bridgehead atoms. The lowest BCUT2D eigenvalue weighted by Gasteiger charge is -2.08. The molecule has 0 atom stereocenters. The van der Waals surface area contributed by atoms with Crippen LogP contribution in [0.2, 0.25) is 0 Å². The molecule has 2 aromatic carbocycles. The van der Waals surface area contributed by atoms with Gasteiger partial charge in [0, 0.05) is 23.0 Å². The number of amides is 1. The summed E-state index contributed by atoms with van der Waals surface area (Å²) >= 11 is 0. The van der Waals surface area contributed by atoms with Crippen molar-refractivity contribution in [2.75, 3.05) is 12.4 Å². The van der Waals surface area contributed by atoms with E-state index < -0.39 is 11.9 Å². The Balaban J connectivity index is 1.85. The summed E-state index contributed by atoms with van der Waals surface area (Å²) in [4.78, 5) is 28.2. The van der Waals surface area contributed by atoms with Crippen LogP contribution < -0.4 is 15.5 Å². The van der Waals surface area contributed by atoms with Gasteiger partial charge in [0.25, 0.3) is 5.91 Å². The van der Waals surface area contributed by atoms with Crippen LogP contribution in [0.1, 0.15) is 17.3 Å². The Labute approximate surface area is 140 Å². The molecule has 24 heavy (non-hydrogen) atoms. The summed E-state index contributed by atoms with van der Waals surface area (Å²) in [7, 11) is 1.59. The van der Waals surface area contributed by atoms with Crippen molar-refractivity contribution in [3.8, 4) is 5.75 Å². The molecule has 0 fully saturated rings. The zero-order valence-corrected chi connectivity index (χ0v) is 13.4. The average molecular weight is 326 g/mol. The molecular formula is C18H18N2O4. The first-order chi connectivity index (χ1) is 11.6. The van der Waals surface area contributed by atoms with Gasteiger partial charge in [0.2, 0.25) is 0 Å². The maximum atomic E-state index is 11.7. The first-order valence-electron chi connectivity index (χ1n) is 7.24. The molecule has 0 aromatic heterocycles.